The molecule has 1 N–H and O–H groups in total. The second-order valence-corrected chi connectivity index (χ2v) is 5.51. The number of rotatable bonds is 3. The van der Waals surface area contributed by atoms with E-state index in [1.165, 1.54) is 5.56 Å². The first kappa shape index (κ1) is 12.4. The highest BCUT2D eigenvalue weighted by Gasteiger charge is 2.44. The summed E-state index contributed by atoms with van der Waals surface area (Å²) < 4.78 is 0. The summed E-state index contributed by atoms with van der Waals surface area (Å²) in [5, 5.41) is 9.55. The number of benzene rings is 1. The first-order chi connectivity index (χ1) is 9.18. The van der Waals surface area contributed by atoms with Crippen LogP contribution in [0.1, 0.15) is 31.4 Å². The standard InChI is InChI=1S/C16H19NO2/c1-11(12-5-3-2-4-6-12)17-14-9-7-13(8-10-14)15(17)16(18)19/h2-7,9,11,13-15H,8,10H2,1H3,(H,18,19)/t11-,13+,14-,15+/m1/s1. The van der Waals surface area contributed by atoms with Crippen LogP contribution in [-0.2, 0) is 4.79 Å². The Morgan fingerprint density at radius 1 is 1.26 bits per heavy atom. The Labute approximate surface area is 113 Å². The first-order valence-corrected chi connectivity index (χ1v) is 6.92. The van der Waals surface area contributed by atoms with Crippen molar-refractivity contribution in [3.63, 3.8) is 0 Å². The number of piperidine rings is 1. The molecule has 3 heteroatoms. The zero-order valence-electron chi connectivity index (χ0n) is 11.1. The minimum absolute atomic E-state index is 0.139. The number of hydrogen-bond acceptors (Lipinski definition) is 2. The summed E-state index contributed by atoms with van der Waals surface area (Å²) >= 11 is 0. The number of aliphatic carboxylic acids is 1. The molecule has 1 fully saturated rings. The smallest absolute Gasteiger partial charge is 0.321 e. The van der Waals surface area contributed by atoms with Crippen LogP contribution in [0.5, 0.6) is 0 Å². The molecule has 0 aromatic heterocycles. The maximum Gasteiger partial charge on any atom is 0.321 e. The molecule has 1 aliphatic carbocycles. The number of fused-ring (bicyclic) bond motifs is 2. The van der Waals surface area contributed by atoms with Crippen LogP contribution in [0.25, 0.3) is 0 Å². The Hall–Kier alpha value is -1.61. The van der Waals surface area contributed by atoms with Gasteiger partial charge >= 0.3 is 5.97 Å². The maximum atomic E-state index is 11.6. The molecule has 1 saturated heterocycles. The predicted octanol–water partition coefficient (Wildman–Crippen LogP) is 2.85. The largest absolute Gasteiger partial charge is 0.480 e. The summed E-state index contributed by atoms with van der Waals surface area (Å²) in [7, 11) is 0. The van der Waals surface area contributed by atoms with Crippen LogP contribution in [0.2, 0.25) is 0 Å². The number of hydrogen-bond donors (Lipinski definition) is 1. The summed E-state index contributed by atoms with van der Waals surface area (Å²) in [6, 6.07) is 10.2. The van der Waals surface area contributed by atoms with E-state index in [-0.39, 0.29) is 24.0 Å². The Morgan fingerprint density at radius 3 is 2.58 bits per heavy atom. The summed E-state index contributed by atoms with van der Waals surface area (Å²) in [4.78, 5) is 13.8. The molecule has 0 spiro atoms. The fourth-order valence-corrected chi connectivity index (χ4v) is 3.51. The average Bonchev–Trinajstić information content (AvgIpc) is 2.47. The zero-order chi connectivity index (χ0) is 13.4. The lowest BCUT2D eigenvalue weighted by Crippen LogP contribution is -2.56. The lowest BCUT2D eigenvalue weighted by atomic mass is 9.78. The fraction of sp³-hybridized carbons (Fsp3) is 0.438. The second kappa shape index (κ2) is 4.82. The lowest BCUT2D eigenvalue weighted by molar-refractivity contribution is -0.149. The minimum atomic E-state index is -0.693. The molecule has 3 nitrogen and oxygen atoms in total. The molecule has 2 aliphatic heterocycles. The lowest BCUT2D eigenvalue weighted by Gasteiger charge is -2.49. The van der Waals surface area contributed by atoms with Crippen molar-refractivity contribution in [2.24, 2.45) is 5.92 Å². The van der Waals surface area contributed by atoms with Gasteiger partial charge in [-0.05, 0) is 25.3 Å². The Morgan fingerprint density at radius 2 is 2.00 bits per heavy atom. The first-order valence-electron chi connectivity index (χ1n) is 6.92. The molecule has 1 aromatic carbocycles. The third-order valence-electron chi connectivity index (χ3n) is 4.47. The Balaban J connectivity index is 1.94. The normalized spacial score (nSPS) is 31.3. The van der Waals surface area contributed by atoms with E-state index < -0.39 is 5.97 Å². The summed E-state index contributed by atoms with van der Waals surface area (Å²) in [6.45, 7) is 2.11. The highest BCUT2D eigenvalue weighted by molar-refractivity contribution is 5.75. The van der Waals surface area contributed by atoms with E-state index in [0.717, 1.165) is 12.8 Å². The third kappa shape index (κ3) is 2.08. The third-order valence-corrected chi connectivity index (χ3v) is 4.47. The average molecular weight is 257 g/mol. The molecule has 19 heavy (non-hydrogen) atoms. The quantitative estimate of drug-likeness (QED) is 0.846. The van der Waals surface area contributed by atoms with Crippen LogP contribution in [0, 0.1) is 5.92 Å². The summed E-state index contributed by atoms with van der Waals surface area (Å²) in [5.41, 5.74) is 1.19. The molecule has 100 valence electrons. The molecule has 0 amide bonds. The van der Waals surface area contributed by atoms with Gasteiger partial charge in [0.25, 0.3) is 0 Å². The van der Waals surface area contributed by atoms with Gasteiger partial charge in [0.05, 0.1) is 0 Å². The highest BCUT2D eigenvalue weighted by atomic mass is 16.4. The second-order valence-electron chi connectivity index (χ2n) is 5.51. The van der Waals surface area contributed by atoms with Gasteiger partial charge in [-0.25, -0.2) is 0 Å². The van der Waals surface area contributed by atoms with Crippen LogP contribution in [-0.4, -0.2) is 28.1 Å². The summed E-state index contributed by atoms with van der Waals surface area (Å²) in [5.74, 6) is -0.532. The van der Waals surface area contributed by atoms with Gasteiger partial charge in [-0.3, -0.25) is 9.69 Å². The van der Waals surface area contributed by atoms with E-state index in [4.69, 9.17) is 0 Å². The minimum Gasteiger partial charge on any atom is -0.480 e. The van der Waals surface area contributed by atoms with Gasteiger partial charge in [-0.1, -0.05) is 42.5 Å². The van der Waals surface area contributed by atoms with Crippen LogP contribution < -0.4 is 0 Å². The van der Waals surface area contributed by atoms with Gasteiger partial charge in [0.2, 0.25) is 0 Å². The highest BCUT2D eigenvalue weighted by Crippen LogP contribution is 2.40. The van der Waals surface area contributed by atoms with Crippen LogP contribution in [0.15, 0.2) is 42.5 Å². The van der Waals surface area contributed by atoms with Gasteiger partial charge in [-0.2, -0.15) is 0 Å². The topological polar surface area (TPSA) is 40.5 Å². The molecule has 0 radical (unpaired) electrons. The predicted molar refractivity (Wildman–Crippen MR) is 73.8 cm³/mol. The van der Waals surface area contributed by atoms with Gasteiger partial charge in [0.15, 0.2) is 0 Å². The van der Waals surface area contributed by atoms with E-state index >= 15 is 0 Å². The number of carboxylic acids is 1. The van der Waals surface area contributed by atoms with Crippen LogP contribution >= 0.6 is 0 Å². The van der Waals surface area contributed by atoms with Gasteiger partial charge in [0, 0.05) is 18.0 Å². The molecule has 4 rings (SSSR count). The number of nitrogens with zero attached hydrogens (tertiary/aromatic N) is 1. The number of carboxylic acid groups (broad SMARTS) is 1. The Bertz CT molecular complexity index is 497. The number of carbonyl (C=O) groups is 1. The van der Waals surface area contributed by atoms with Crippen molar-refractivity contribution in [1.29, 1.82) is 0 Å². The molecule has 0 unspecified atom stereocenters. The van der Waals surface area contributed by atoms with Crippen molar-refractivity contribution in [2.45, 2.75) is 37.9 Å². The maximum absolute atomic E-state index is 11.6. The molecule has 3 aliphatic rings. The summed E-state index contributed by atoms with van der Waals surface area (Å²) in [6.07, 6.45) is 6.35. The van der Waals surface area contributed by atoms with Gasteiger partial charge < -0.3 is 5.11 Å². The molecule has 0 saturated carbocycles. The van der Waals surface area contributed by atoms with E-state index in [0.29, 0.717) is 0 Å². The van der Waals surface area contributed by atoms with Crippen molar-refractivity contribution >= 4 is 5.97 Å². The van der Waals surface area contributed by atoms with Crippen molar-refractivity contribution in [3.05, 3.63) is 48.0 Å². The van der Waals surface area contributed by atoms with Crippen molar-refractivity contribution in [2.75, 3.05) is 0 Å². The van der Waals surface area contributed by atoms with Crippen molar-refractivity contribution in [3.8, 4) is 0 Å². The van der Waals surface area contributed by atoms with E-state index in [1.807, 2.05) is 18.2 Å². The van der Waals surface area contributed by atoms with Crippen molar-refractivity contribution in [1.82, 2.24) is 4.90 Å². The van der Waals surface area contributed by atoms with E-state index in [9.17, 15) is 9.90 Å². The molecule has 2 bridgehead atoms. The van der Waals surface area contributed by atoms with E-state index in [1.54, 1.807) is 0 Å². The molecular weight excluding hydrogens is 238 g/mol. The molecule has 4 atom stereocenters. The van der Waals surface area contributed by atoms with Crippen LogP contribution in [0.4, 0.5) is 0 Å². The Kier molecular flexibility index (Phi) is 3.15. The fourth-order valence-electron chi connectivity index (χ4n) is 3.51. The SMILES string of the molecule is C[C@H](c1ccccc1)N1[C@@H]2C=C[C@@H](CC2)[C@H]1C(=O)O. The van der Waals surface area contributed by atoms with Gasteiger partial charge in [-0.15, -0.1) is 0 Å². The van der Waals surface area contributed by atoms with Crippen LogP contribution in [0.3, 0.4) is 0 Å². The van der Waals surface area contributed by atoms with E-state index in [2.05, 4.69) is 36.1 Å². The molecule has 2 heterocycles. The molecular formula is C16H19NO2. The molecule has 1 aromatic rings. The van der Waals surface area contributed by atoms with Gasteiger partial charge in [0.1, 0.15) is 6.04 Å². The van der Waals surface area contributed by atoms with Crippen molar-refractivity contribution < 1.29 is 9.90 Å². The zero-order valence-corrected chi connectivity index (χ0v) is 11.1. The monoisotopic (exact) mass is 257 g/mol.